The molecule has 0 heterocycles. The molecule has 1 rings (SSSR count). The minimum absolute atomic E-state index is 0.283. The van der Waals surface area contributed by atoms with Gasteiger partial charge in [0, 0.05) is 5.33 Å². The van der Waals surface area contributed by atoms with Crippen molar-refractivity contribution in [1.82, 2.24) is 0 Å². The van der Waals surface area contributed by atoms with Crippen LogP contribution in [0.15, 0.2) is 18.2 Å². The Morgan fingerprint density at radius 3 is 2.71 bits per heavy atom. The largest absolute Gasteiger partial charge is 0.465 e. The zero-order valence-corrected chi connectivity index (χ0v) is 9.93. The first kappa shape index (κ1) is 11.3. The van der Waals surface area contributed by atoms with Crippen LogP contribution in [0.1, 0.15) is 21.5 Å². The van der Waals surface area contributed by atoms with E-state index in [0.717, 1.165) is 17.2 Å². The van der Waals surface area contributed by atoms with Gasteiger partial charge in [-0.1, -0.05) is 33.9 Å². The molecule has 0 aliphatic carbocycles. The molecule has 0 unspecified atom stereocenters. The highest BCUT2D eigenvalue weighted by molar-refractivity contribution is 9.08. The third-order valence-electron chi connectivity index (χ3n) is 2.15. The molecule has 0 aromatic heterocycles. The number of methoxy groups -OCH3 is 1. The van der Waals surface area contributed by atoms with Crippen LogP contribution in [-0.4, -0.2) is 20.9 Å². The van der Waals surface area contributed by atoms with Crippen molar-refractivity contribution in [2.45, 2.75) is 11.7 Å². The highest BCUT2D eigenvalue weighted by Crippen LogP contribution is 2.15. The van der Waals surface area contributed by atoms with Crippen molar-refractivity contribution in [3.8, 4) is 0 Å². The number of halogens is 1. The molecule has 0 saturated carbocycles. The van der Waals surface area contributed by atoms with Crippen LogP contribution in [0, 0.1) is 0 Å². The van der Waals surface area contributed by atoms with Gasteiger partial charge in [0.2, 0.25) is 0 Å². The van der Waals surface area contributed by atoms with E-state index in [2.05, 4.69) is 28.5 Å². The van der Waals surface area contributed by atoms with Crippen LogP contribution in [0.3, 0.4) is 0 Å². The van der Waals surface area contributed by atoms with E-state index in [0.29, 0.717) is 5.56 Å². The molecule has 0 radical (unpaired) electrons. The summed E-state index contributed by atoms with van der Waals surface area (Å²) in [6, 6.07) is 5.65. The summed E-state index contributed by atoms with van der Waals surface area (Å²) < 4.78 is 4.66. The van der Waals surface area contributed by atoms with Gasteiger partial charge in [0.05, 0.1) is 12.7 Å². The van der Waals surface area contributed by atoms with E-state index < -0.39 is 0 Å². The van der Waals surface area contributed by atoms with E-state index >= 15 is 0 Å². The number of carbonyl (C=O) groups excluding carboxylic acids is 1. The van der Waals surface area contributed by atoms with Gasteiger partial charge < -0.3 is 4.74 Å². The third-order valence-corrected chi connectivity index (χ3v) is 2.76. The summed E-state index contributed by atoms with van der Waals surface area (Å²) in [7, 11) is 3.49. The number of alkyl halides is 1. The predicted molar refractivity (Wildman–Crippen MR) is 62.7 cm³/mol. The second-order valence-electron chi connectivity index (χ2n) is 2.96. The average Bonchev–Trinajstić information content (AvgIpc) is 2.26. The summed E-state index contributed by atoms with van der Waals surface area (Å²) in [6.07, 6.45) is 0.975. The minimum atomic E-state index is -0.283. The van der Waals surface area contributed by atoms with E-state index in [9.17, 15) is 4.79 Å². The van der Waals surface area contributed by atoms with Crippen molar-refractivity contribution in [2.75, 3.05) is 7.11 Å². The Kier molecular flexibility index (Phi) is 4.20. The first-order chi connectivity index (χ1) is 6.72. The molecule has 0 N–H and O–H groups in total. The standard InChI is InChI=1S/C10H12BBrO2/c1-14-10(13)7-2-3-8(5-11)9(4-7)6-12/h2-4H,5-6,11H2,1H3. The molecule has 1 aromatic rings. The fourth-order valence-corrected chi connectivity index (χ4v) is 1.86. The topological polar surface area (TPSA) is 26.3 Å². The van der Waals surface area contributed by atoms with Crippen molar-refractivity contribution < 1.29 is 9.53 Å². The van der Waals surface area contributed by atoms with Gasteiger partial charge in [0.15, 0.2) is 0 Å². The minimum Gasteiger partial charge on any atom is -0.465 e. The first-order valence-corrected chi connectivity index (χ1v) is 5.61. The Balaban J connectivity index is 3.07. The van der Waals surface area contributed by atoms with Gasteiger partial charge in [-0.15, -0.1) is 0 Å². The van der Waals surface area contributed by atoms with Gasteiger partial charge in [0.25, 0.3) is 0 Å². The number of hydrogen-bond acceptors (Lipinski definition) is 2. The number of rotatable bonds is 3. The molecule has 4 heteroatoms. The second kappa shape index (κ2) is 5.20. The van der Waals surface area contributed by atoms with Gasteiger partial charge in [0.1, 0.15) is 7.85 Å². The summed E-state index contributed by atoms with van der Waals surface area (Å²) in [5.74, 6) is -0.283. The smallest absolute Gasteiger partial charge is 0.337 e. The van der Waals surface area contributed by atoms with Crippen LogP contribution in [0.25, 0.3) is 0 Å². The summed E-state index contributed by atoms with van der Waals surface area (Å²) in [4.78, 5) is 11.2. The molecule has 0 saturated heterocycles. The molecule has 2 nitrogen and oxygen atoms in total. The SMILES string of the molecule is BCc1ccc(C(=O)OC)cc1CBr. The Hall–Kier alpha value is -0.765. The Labute approximate surface area is 93.2 Å². The lowest BCUT2D eigenvalue weighted by Gasteiger charge is -2.06. The fourth-order valence-electron chi connectivity index (χ4n) is 1.34. The van der Waals surface area contributed by atoms with Gasteiger partial charge >= 0.3 is 5.97 Å². The molecule has 1 aromatic carbocycles. The molecular formula is C10H12BBrO2. The summed E-state index contributed by atoms with van der Waals surface area (Å²) in [5.41, 5.74) is 3.02. The Morgan fingerprint density at radius 1 is 1.50 bits per heavy atom. The normalized spacial score (nSPS) is 9.86. The lowest BCUT2D eigenvalue weighted by atomic mass is 9.92. The zero-order chi connectivity index (χ0) is 10.6. The average molecular weight is 255 g/mol. The summed E-state index contributed by atoms with van der Waals surface area (Å²) in [6.45, 7) is 0. The van der Waals surface area contributed by atoms with Gasteiger partial charge in [-0.3, -0.25) is 0 Å². The van der Waals surface area contributed by atoms with Crippen molar-refractivity contribution >= 4 is 29.7 Å². The van der Waals surface area contributed by atoms with Crippen LogP contribution in [0.4, 0.5) is 0 Å². The molecule has 14 heavy (non-hydrogen) atoms. The van der Waals surface area contributed by atoms with Gasteiger partial charge in [-0.25, -0.2) is 4.79 Å². The highest BCUT2D eigenvalue weighted by atomic mass is 79.9. The first-order valence-electron chi connectivity index (χ1n) is 4.49. The van der Waals surface area contributed by atoms with Gasteiger partial charge in [-0.2, -0.15) is 0 Å². The molecular weight excluding hydrogens is 243 g/mol. The zero-order valence-electron chi connectivity index (χ0n) is 8.34. The van der Waals surface area contributed by atoms with E-state index in [1.54, 1.807) is 6.07 Å². The van der Waals surface area contributed by atoms with Crippen LogP contribution >= 0.6 is 15.9 Å². The number of benzene rings is 1. The summed E-state index contributed by atoms with van der Waals surface area (Å²) in [5, 5.41) is 0.765. The Morgan fingerprint density at radius 2 is 2.21 bits per heavy atom. The monoisotopic (exact) mass is 254 g/mol. The molecule has 0 amide bonds. The van der Waals surface area contributed by atoms with Crippen LogP contribution in [-0.2, 0) is 16.4 Å². The van der Waals surface area contributed by atoms with Crippen molar-refractivity contribution in [2.24, 2.45) is 0 Å². The maximum Gasteiger partial charge on any atom is 0.337 e. The van der Waals surface area contributed by atoms with E-state index in [1.807, 2.05) is 12.1 Å². The van der Waals surface area contributed by atoms with Crippen LogP contribution in [0.5, 0.6) is 0 Å². The maximum absolute atomic E-state index is 11.2. The van der Waals surface area contributed by atoms with Gasteiger partial charge in [-0.05, 0) is 17.7 Å². The molecule has 0 aliphatic heterocycles. The van der Waals surface area contributed by atoms with Crippen LogP contribution in [0.2, 0.25) is 0 Å². The number of carbonyl (C=O) groups is 1. The molecule has 0 bridgehead atoms. The van der Waals surface area contributed by atoms with Crippen molar-refractivity contribution in [1.29, 1.82) is 0 Å². The number of ether oxygens (including phenoxy) is 1. The van der Waals surface area contributed by atoms with Crippen LogP contribution < -0.4 is 0 Å². The molecule has 74 valence electrons. The summed E-state index contributed by atoms with van der Waals surface area (Å²) >= 11 is 3.40. The molecule has 0 fully saturated rings. The third kappa shape index (κ3) is 2.38. The maximum atomic E-state index is 11.2. The lowest BCUT2D eigenvalue weighted by molar-refractivity contribution is 0.0600. The molecule has 0 aliphatic rings. The number of hydrogen-bond donors (Lipinski definition) is 0. The van der Waals surface area contributed by atoms with E-state index in [4.69, 9.17) is 0 Å². The molecule has 0 atom stereocenters. The van der Waals surface area contributed by atoms with Crippen molar-refractivity contribution in [3.63, 3.8) is 0 Å². The van der Waals surface area contributed by atoms with E-state index in [-0.39, 0.29) is 5.97 Å². The highest BCUT2D eigenvalue weighted by Gasteiger charge is 2.07. The fraction of sp³-hybridized carbons (Fsp3) is 0.300. The van der Waals surface area contributed by atoms with Crippen molar-refractivity contribution in [3.05, 3.63) is 34.9 Å². The van der Waals surface area contributed by atoms with E-state index in [1.165, 1.54) is 12.7 Å². The predicted octanol–water partition coefficient (Wildman–Crippen LogP) is 1.50. The molecule has 0 spiro atoms. The second-order valence-corrected chi connectivity index (χ2v) is 3.52. The quantitative estimate of drug-likeness (QED) is 0.464. The number of esters is 1. The lowest BCUT2D eigenvalue weighted by Crippen LogP contribution is -2.03. The Bertz CT molecular complexity index is 339.